The van der Waals surface area contributed by atoms with Crippen molar-refractivity contribution in [3.8, 4) is 0 Å². The smallest absolute Gasteiger partial charge is 0.271 e. The number of amides is 1. The predicted octanol–water partition coefficient (Wildman–Crippen LogP) is 3.91. The molecule has 0 fully saturated rings. The van der Waals surface area contributed by atoms with E-state index >= 15 is 0 Å². The molecule has 0 aliphatic rings. The molecule has 0 saturated heterocycles. The number of nitrogens with zero attached hydrogens (tertiary/aromatic N) is 1. The van der Waals surface area contributed by atoms with Gasteiger partial charge in [-0.1, -0.05) is 17.7 Å². The molecule has 20 heavy (non-hydrogen) atoms. The molecule has 1 aromatic heterocycles. The third kappa shape index (κ3) is 3.16. The molecule has 2 aromatic rings. The highest BCUT2D eigenvalue weighted by molar-refractivity contribution is 7.09. The van der Waals surface area contributed by atoms with Crippen molar-refractivity contribution in [3.63, 3.8) is 0 Å². The maximum Gasteiger partial charge on any atom is 0.271 e. The molecule has 0 aliphatic carbocycles. The first-order valence-electron chi connectivity index (χ1n) is 6.00. The van der Waals surface area contributed by atoms with Crippen LogP contribution in [0.2, 0.25) is 5.02 Å². The molecule has 1 heterocycles. The second-order valence-corrected chi connectivity index (χ2v) is 6.42. The molecular formula is C14H14ClFN2OS. The van der Waals surface area contributed by atoms with Gasteiger partial charge in [0.1, 0.15) is 11.5 Å². The Kier molecular flexibility index (Phi) is 4.11. The molecule has 1 aromatic carbocycles. The largest absolute Gasteiger partial charge is 0.342 e. The fraction of sp³-hybridized carbons (Fsp3) is 0.286. The zero-order chi connectivity index (χ0) is 14.9. The molecule has 106 valence electrons. The quantitative estimate of drug-likeness (QED) is 0.933. The summed E-state index contributed by atoms with van der Waals surface area (Å²) >= 11 is 7.45. The molecule has 6 heteroatoms. The third-order valence-electron chi connectivity index (χ3n) is 2.88. The van der Waals surface area contributed by atoms with Crippen LogP contribution < -0.4 is 5.32 Å². The number of carbonyl (C=O) groups is 1. The van der Waals surface area contributed by atoms with Gasteiger partial charge in [-0.2, -0.15) is 0 Å². The average Bonchev–Trinajstić information content (AvgIpc) is 2.74. The summed E-state index contributed by atoms with van der Waals surface area (Å²) < 4.78 is 13.1. The standard InChI is InChI=1S/C14H14ClFN2OS/c1-8-17-12(7-20-8)13(19)18-14(2,3)10-5-4-9(16)6-11(10)15/h4-7H,1-3H3,(H,18,19). The number of aryl methyl sites for hydroxylation is 1. The Morgan fingerprint density at radius 3 is 2.70 bits per heavy atom. The molecule has 1 amide bonds. The number of thiazole rings is 1. The van der Waals surface area contributed by atoms with Gasteiger partial charge in [0.05, 0.1) is 10.5 Å². The molecule has 0 spiro atoms. The zero-order valence-electron chi connectivity index (χ0n) is 11.3. The van der Waals surface area contributed by atoms with Crippen LogP contribution in [0.5, 0.6) is 0 Å². The summed E-state index contributed by atoms with van der Waals surface area (Å²) in [5.74, 6) is -0.684. The maximum atomic E-state index is 13.1. The first kappa shape index (κ1) is 14.9. The lowest BCUT2D eigenvalue weighted by Crippen LogP contribution is -2.41. The second kappa shape index (κ2) is 5.50. The number of hydrogen-bond acceptors (Lipinski definition) is 3. The number of nitrogens with one attached hydrogen (secondary N) is 1. The molecule has 0 bridgehead atoms. The van der Waals surface area contributed by atoms with Crippen molar-refractivity contribution in [2.45, 2.75) is 26.3 Å². The number of hydrogen-bond donors (Lipinski definition) is 1. The Hall–Kier alpha value is -1.46. The van der Waals surface area contributed by atoms with Gasteiger partial charge in [-0.15, -0.1) is 11.3 Å². The van der Waals surface area contributed by atoms with E-state index in [1.165, 1.54) is 23.5 Å². The van der Waals surface area contributed by atoms with Gasteiger partial charge >= 0.3 is 0 Å². The summed E-state index contributed by atoms with van der Waals surface area (Å²) in [6, 6.07) is 4.13. The van der Waals surface area contributed by atoms with Crippen LogP contribution in [0.15, 0.2) is 23.6 Å². The van der Waals surface area contributed by atoms with E-state index in [0.29, 0.717) is 11.3 Å². The molecule has 0 radical (unpaired) electrons. The Bertz CT molecular complexity index is 654. The number of rotatable bonds is 3. The minimum Gasteiger partial charge on any atom is -0.342 e. The number of benzene rings is 1. The van der Waals surface area contributed by atoms with Crippen molar-refractivity contribution < 1.29 is 9.18 Å². The maximum absolute atomic E-state index is 13.1. The van der Waals surface area contributed by atoms with Gasteiger partial charge in [-0.05, 0) is 38.5 Å². The summed E-state index contributed by atoms with van der Waals surface area (Å²) in [5, 5.41) is 5.67. The van der Waals surface area contributed by atoms with Gasteiger partial charge in [0.25, 0.3) is 5.91 Å². The lowest BCUT2D eigenvalue weighted by atomic mass is 9.94. The molecule has 1 N–H and O–H groups in total. The Morgan fingerprint density at radius 2 is 2.15 bits per heavy atom. The van der Waals surface area contributed by atoms with E-state index < -0.39 is 11.4 Å². The van der Waals surface area contributed by atoms with Crippen LogP contribution in [-0.4, -0.2) is 10.9 Å². The highest BCUT2D eigenvalue weighted by Crippen LogP contribution is 2.28. The predicted molar refractivity (Wildman–Crippen MR) is 78.8 cm³/mol. The first-order valence-corrected chi connectivity index (χ1v) is 7.25. The van der Waals surface area contributed by atoms with E-state index in [2.05, 4.69) is 10.3 Å². The van der Waals surface area contributed by atoms with Gasteiger partial charge in [0, 0.05) is 10.4 Å². The summed E-state index contributed by atoms with van der Waals surface area (Å²) in [6.07, 6.45) is 0. The summed E-state index contributed by atoms with van der Waals surface area (Å²) in [6.45, 7) is 5.45. The minimum absolute atomic E-state index is 0.278. The van der Waals surface area contributed by atoms with Gasteiger partial charge in [0.15, 0.2) is 0 Å². The zero-order valence-corrected chi connectivity index (χ0v) is 12.9. The molecule has 3 nitrogen and oxygen atoms in total. The van der Waals surface area contributed by atoms with E-state index in [4.69, 9.17) is 11.6 Å². The minimum atomic E-state index is -0.723. The summed E-state index contributed by atoms with van der Waals surface area (Å²) in [7, 11) is 0. The normalized spacial score (nSPS) is 11.4. The molecule has 0 aliphatic heterocycles. The molecule has 2 rings (SSSR count). The van der Waals surface area contributed by atoms with Crippen molar-refractivity contribution in [1.29, 1.82) is 0 Å². The SMILES string of the molecule is Cc1nc(C(=O)NC(C)(C)c2ccc(F)cc2Cl)cs1. The van der Waals surface area contributed by atoms with E-state index in [1.807, 2.05) is 20.8 Å². The van der Waals surface area contributed by atoms with E-state index in [1.54, 1.807) is 11.4 Å². The van der Waals surface area contributed by atoms with Crippen LogP contribution in [0.3, 0.4) is 0 Å². The van der Waals surface area contributed by atoms with Gasteiger partial charge in [-0.3, -0.25) is 4.79 Å². The fourth-order valence-electron chi connectivity index (χ4n) is 1.88. The van der Waals surface area contributed by atoms with Crippen molar-refractivity contribution >= 4 is 28.8 Å². The van der Waals surface area contributed by atoms with Crippen molar-refractivity contribution in [1.82, 2.24) is 10.3 Å². The van der Waals surface area contributed by atoms with Crippen LogP contribution in [0, 0.1) is 12.7 Å². The Morgan fingerprint density at radius 1 is 1.45 bits per heavy atom. The summed E-state index contributed by atoms with van der Waals surface area (Å²) in [5.41, 5.74) is 0.305. The Labute approximate surface area is 125 Å². The average molecular weight is 313 g/mol. The lowest BCUT2D eigenvalue weighted by molar-refractivity contribution is 0.0907. The highest BCUT2D eigenvalue weighted by Gasteiger charge is 2.26. The number of aromatic nitrogens is 1. The van der Waals surface area contributed by atoms with Crippen molar-refractivity contribution in [2.24, 2.45) is 0 Å². The van der Waals surface area contributed by atoms with Crippen LogP contribution in [0.1, 0.15) is 34.9 Å². The van der Waals surface area contributed by atoms with E-state index in [0.717, 1.165) is 5.01 Å². The highest BCUT2D eigenvalue weighted by atomic mass is 35.5. The fourth-order valence-corrected chi connectivity index (χ4v) is 2.88. The van der Waals surface area contributed by atoms with Crippen molar-refractivity contribution in [2.75, 3.05) is 0 Å². The topological polar surface area (TPSA) is 42.0 Å². The lowest BCUT2D eigenvalue weighted by Gasteiger charge is -2.27. The van der Waals surface area contributed by atoms with E-state index in [-0.39, 0.29) is 10.9 Å². The Balaban J connectivity index is 2.24. The van der Waals surface area contributed by atoms with Gasteiger partial charge in [0.2, 0.25) is 0 Å². The van der Waals surface area contributed by atoms with Gasteiger partial charge in [-0.25, -0.2) is 9.37 Å². The van der Waals surface area contributed by atoms with Crippen LogP contribution in [0.4, 0.5) is 4.39 Å². The van der Waals surface area contributed by atoms with Crippen molar-refractivity contribution in [3.05, 3.63) is 50.7 Å². The number of carbonyl (C=O) groups excluding carboxylic acids is 1. The van der Waals surface area contributed by atoms with Crippen LogP contribution >= 0.6 is 22.9 Å². The van der Waals surface area contributed by atoms with Gasteiger partial charge < -0.3 is 5.32 Å². The van der Waals surface area contributed by atoms with Crippen LogP contribution in [-0.2, 0) is 5.54 Å². The summed E-state index contributed by atoms with van der Waals surface area (Å²) in [4.78, 5) is 16.3. The molecule has 0 saturated carbocycles. The molecule has 0 atom stereocenters. The monoisotopic (exact) mass is 312 g/mol. The van der Waals surface area contributed by atoms with Crippen LogP contribution in [0.25, 0.3) is 0 Å². The number of halogens is 2. The first-order chi connectivity index (χ1) is 9.29. The molecular weight excluding hydrogens is 299 g/mol. The third-order valence-corrected chi connectivity index (χ3v) is 3.97. The van der Waals surface area contributed by atoms with E-state index in [9.17, 15) is 9.18 Å². The second-order valence-electron chi connectivity index (χ2n) is 4.96. The molecule has 0 unspecified atom stereocenters.